The van der Waals surface area contributed by atoms with Gasteiger partial charge < -0.3 is 4.42 Å². The molecule has 0 radical (unpaired) electrons. The molecule has 0 aliphatic carbocycles. The third kappa shape index (κ3) is 3.34. The molecule has 0 unspecified atom stereocenters. The average Bonchev–Trinajstić information content (AvgIpc) is 3.15. The number of rotatable bonds is 4. The Labute approximate surface area is 138 Å². The number of nitro groups is 1. The highest BCUT2D eigenvalue weighted by molar-refractivity contribution is 5.54. The minimum atomic E-state index is -4.48. The lowest BCUT2D eigenvalue weighted by Crippen LogP contribution is -2.04. The monoisotopic (exact) mass is 353 g/mol. The maximum absolute atomic E-state index is 12.8. The Morgan fingerprint density at radius 1 is 1.32 bits per heavy atom. The van der Waals surface area contributed by atoms with Gasteiger partial charge in [-0.1, -0.05) is 6.07 Å². The van der Waals surface area contributed by atoms with E-state index in [1.165, 1.54) is 23.7 Å². The van der Waals surface area contributed by atoms with Gasteiger partial charge in [-0.15, -0.1) is 10.2 Å². The van der Waals surface area contributed by atoms with Crippen molar-refractivity contribution in [3.8, 4) is 11.5 Å². The Balaban J connectivity index is 1.85. The number of halogens is 3. The summed E-state index contributed by atoms with van der Waals surface area (Å²) in [6.45, 7) is 1.47. The molecule has 0 saturated heterocycles. The van der Waals surface area contributed by atoms with E-state index in [0.717, 1.165) is 18.3 Å². The molecule has 2 aromatic heterocycles. The van der Waals surface area contributed by atoms with Crippen LogP contribution in [0.2, 0.25) is 0 Å². The molecule has 2 heterocycles. The molecule has 8 nitrogen and oxygen atoms in total. The van der Waals surface area contributed by atoms with Crippen LogP contribution in [0.25, 0.3) is 11.5 Å². The van der Waals surface area contributed by atoms with Gasteiger partial charge in [-0.3, -0.25) is 14.8 Å². The maximum atomic E-state index is 12.8. The maximum Gasteiger partial charge on any atom is 0.416 e. The molecule has 1 aromatic carbocycles. The third-order valence-electron chi connectivity index (χ3n) is 3.46. The molecule has 0 saturated carbocycles. The molecule has 0 N–H and O–H groups in total. The number of hydrogen-bond donors (Lipinski definition) is 0. The topological polar surface area (TPSA) is 99.9 Å². The third-order valence-corrected chi connectivity index (χ3v) is 3.46. The summed E-state index contributed by atoms with van der Waals surface area (Å²) in [5.74, 6) is -0.0195. The normalized spacial score (nSPS) is 11.7. The fourth-order valence-electron chi connectivity index (χ4n) is 2.17. The minimum absolute atomic E-state index is 0.0361. The Kier molecular flexibility index (Phi) is 3.99. The second-order valence-corrected chi connectivity index (χ2v) is 5.11. The number of hydrogen-bond acceptors (Lipinski definition) is 6. The molecule has 3 aromatic rings. The highest BCUT2D eigenvalue weighted by atomic mass is 19.4. The summed E-state index contributed by atoms with van der Waals surface area (Å²) in [7, 11) is 0. The van der Waals surface area contributed by atoms with E-state index in [4.69, 9.17) is 4.42 Å². The Bertz CT molecular complexity index is 932. The zero-order chi connectivity index (χ0) is 18.2. The number of nitrogens with zero attached hydrogens (tertiary/aromatic N) is 5. The van der Waals surface area contributed by atoms with Crippen LogP contribution >= 0.6 is 0 Å². The smallest absolute Gasteiger partial charge is 0.416 e. The van der Waals surface area contributed by atoms with E-state index in [1.54, 1.807) is 0 Å². The van der Waals surface area contributed by atoms with Crippen molar-refractivity contribution in [3.05, 3.63) is 57.7 Å². The van der Waals surface area contributed by atoms with Gasteiger partial charge in [-0.2, -0.15) is 18.3 Å². The number of alkyl halides is 3. The molecule has 0 amide bonds. The second-order valence-electron chi connectivity index (χ2n) is 5.11. The van der Waals surface area contributed by atoms with Crippen molar-refractivity contribution < 1.29 is 22.5 Å². The number of benzene rings is 1. The molecule has 25 heavy (non-hydrogen) atoms. The Morgan fingerprint density at radius 3 is 2.72 bits per heavy atom. The van der Waals surface area contributed by atoms with Crippen LogP contribution in [-0.4, -0.2) is 24.9 Å². The Hall–Kier alpha value is -3.24. The van der Waals surface area contributed by atoms with Gasteiger partial charge in [0.25, 0.3) is 0 Å². The lowest BCUT2D eigenvalue weighted by Gasteiger charge is -2.06. The van der Waals surface area contributed by atoms with Crippen LogP contribution in [0.1, 0.15) is 17.1 Å². The first-order valence-corrected chi connectivity index (χ1v) is 6.92. The van der Waals surface area contributed by atoms with Gasteiger partial charge in [0.1, 0.15) is 18.4 Å². The van der Waals surface area contributed by atoms with E-state index < -0.39 is 16.7 Å². The van der Waals surface area contributed by atoms with Crippen LogP contribution in [0.15, 0.2) is 34.9 Å². The quantitative estimate of drug-likeness (QED) is 0.527. The van der Waals surface area contributed by atoms with Crippen LogP contribution in [0.5, 0.6) is 0 Å². The molecule has 0 spiro atoms. The zero-order valence-electron chi connectivity index (χ0n) is 12.7. The van der Waals surface area contributed by atoms with E-state index in [9.17, 15) is 23.3 Å². The highest BCUT2D eigenvalue weighted by Gasteiger charge is 2.30. The second kappa shape index (κ2) is 6.00. The molecular weight excluding hydrogens is 343 g/mol. The van der Waals surface area contributed by atoms with E-state index in [1.807, 2.05) is 0 Å². The van der Waals surface area contributed by atoms with Crippen LogP contribution in [-0.2, 0) is 12.7 Å². The van der Waals surface area contributed by atoms with Gasteiger partial charge in [0.15, 0.2) is 0 Å². The lowest BCUT2D eigenvalue weighted by molar-refractivity contribution is -0.385. The van der Waals surface area contributed by atoms with E-state index in [0.29, 0.717) is 5.69 Å². The standard InChI is InChI=1S/C14H10F3N5O3/c1-8-11(22(23)24)6-18-21(8)7-12-19-20-13(25-12)9-3-2-4-10(5-9)14(15,16)17/h2-6H,7H2,1H3. The van der Waals surface area contributed by atoms with Crippen molar-refractivity contribution in [2.45, 2.75) is 19.6 Å². The summed E-state index contributed by atoms with van der Waals surface area (Å²) in [5.41, 5.74) is -0.568. The lowest BCUT2D eigenvalue weighted by atomic mass is 10.1. The van der Waals surface area contributed by atoms with Gasteiger partial charge in [0.05, 0.1) is 10.5 Å². The van der Waals surface area contributed by atoms with Gasteiger partial charge in [-0.05, 0) is 25.1 Å². The summed E-state index contributed by atoms with van der Waals surface area (Å²) >= 11 is 0. The van der Waals surface area contributed by atoms with Gasteiger partial charge in [0.2, 0.25) is 11.8 Å². The van der Waals surface area contributed by atoms with E-state index >= 15 is 0 Å². The molecular formula is C14H10F3N5O3. The van der Waals surface area contributed by atoms with Gasteiger partial charge >= 0.3 is 11.9 Å². The molecule has 3 rings (SSSR count). The van der Waals surface area contributed by atoms with E-state index in [2.05, 4.69) is 15.3 Å². The molecule has 0 aliphatic rings. The van der Waals surface area contributed by atoms with Crippen molar-refractivity contribution in [2.75, 3.05) is 0 Å². The summed E-state index contributed by atoms with van der Waals surface area (Å²) in [6.07, 6.45) is -3.39. The van der Waals surface area contributed by atoms with Crippen LogP contribution in [0, 0.1) is 17.0 Å². The van der Waals surface area contributed by atoms with Crippen molar-refractivity contribution in [2.24, 2.45) is 0 Å². The van der Waals surface area contributed by atoms with Crippen molar-refractivity contribution >= 4 is 5.69 Å². The van der Waals surface area contributed by atoms with Crippen molar-refractivity contribution in [1.82, 2.24) is 20.0 Å². The molecule has 0 bridgehead atoms. The largest absolute Gasteiger partial charge is 0.419 e. The van der Waals surface area contributed by atoms with E-state index in [-0.39, 0.29) is 29.6 Å². The van der Waals surface area contributed by atoms with Gasteiger partial charge in [0, 0.05) is 5.56 Å². The molecule has 130 valence electrons. The molecule has 0 atom stereocenters. The van der Waals surface area contributed by atoms with Crippen LogP contribution in [0.3, 0.4) is 0 Å². The summed E-state index contributed by atoms with van der Waals surface area (Å²) in [4.78, 5) is 10.2. The fourth-order valence-corrected chi connectivity index (χ4v) is 2.17. The molecule has 0 aliphatic heterocycles. The summed E-state index contributed by atoms with van der Waals surface area (Å²) < 4.78 is 44.9. The molecule has 11 heteroatoms. The zero-order valence-corrected chi connectivity index (χ0v) is 12.7. The SMILES string of the molecule is Cc1c([N+](=O)[O-])cnn1Cc1nnc(-c2cccc(C(F)(F)F)c2)o1. The highest BCUT2D eigenvalue weighted by Crippen LogP contribution is 2.31. The van der Waals surface area contributed by atoms with Crippen molar-refractivity contribution in [3.63, 3.8) is 0 Å². The van der Waals surface area contributed by atoms with Crippen LogP contribution < -0.4 is 0 Å². The van der Waals surface area contributed by atoms with Crippen molar-refractivity contribution in [1.29, 1.82) is 0 Å². The Morgan fingerprint density at radius 2 is 2.08 bits per heavy atom. The number of aromatic nitrogens is 4. The van der Waals surface area contributed by atoms with Crippen LogP contribution in [0.4, 0.5) is 18.9 Å². The first kappa shape index (κ1) is 16.6. The first-order chi connectivity index (χ1) is 11.8. The predicted octanol–water partition coefficient (Wildman–Crippen LogP) is 3.22. The first-order valence-electron chi connectivity index (χ1n) is 6.92. The average molecular weight is 353 g/mol. The fraction of sp³-hybridized carbons (Fsp3) is 0.214. The minimum Gasteiger partial charge on any atom is -0.419 e. The summed E-state index contributed by atoms with van der Waals surface area (Å²) in [6, 6.07) is 4.49. The van der Waals surface area contributed by atoms with Gasteiger partial charge in [-0.25, -0.2) is 0 Å². The molecule has 0 fully saturated rings. The predicted molar refractivity (Wildman–Crippen MR) is 77.5 cm³/mol. The summed E-state index contributed by atoms with van der Waals surface area (Å²) in [5, 5.41) is 22.1.